The van der Waals surface area contributed by atoms with Gasteiger partial charge in [0, 0.05) is 6.04 Å². The minimum atomic E-state index is -3.73. The highest BCUT2D eigenvalue weighted by molar-refractivity contribution is 7.92. The summed E-state index contributed by atoms with van der Waals surface area (Å²) in [6.45, 7) is 0. The van der Waals surface area contributed by atoms with Gasteiger partial charge in [-0.1, -0.05) is 36.8 Å². The number of hydrogen-bond donors (Lipinski definition) is 2. The highest BCUT2D eigenvalue weighted by atomic mass is 32.2. The van der Waals surface area contributed by atoms with Gasteiger partial charge in [-0.2, -0.15) is 0 Å². The second kappa shape index (κ2) is 6.76. The van der Waals surface area contributed by atoms with Crippen LogP contribution in [0.3, 0.4) is 0 Å². The molecule has 1 amide bonds. The summed E-state index contributed by atoms with van der Waals surface area (Å²) < 4.78 is 27.7. The van der Waals surface area contributed by atoms with Gasteiger partial charge in [-0.3, -0.25) is 9.52 Å². The maximum Gasteiger partial charge on any atom is 0.261 e. The van der Waals surface area contributed by atoms with E-state index in [-0.39, 0.29) is 16.8 Å². The third kappa shape index (κ3) is 3.33. The number of sulfonamides is 1. The van der Waals surface area contributed by atoms with Gasteiger partial charge in [0.05, 0.1) is 16.1 Å². The van der Waals surface area contributed by atoms with E-state index in [4.69, 9.17) is 0 Å². The fourth-order valence-corrected chi connectivity index (χ4v) is 5.34. The number of nitrogens with one attached hydrogen (secondary N) is 2. The largest absolute Gasteiger partial charge is 0.349 e. The minimum absolute atomic E-state index is 0.170. The summed E-state index contributed by atoms with van der Waals surface area (Å²) in [5.41, 5.74) is 0.659. The van der Waals surface area contributed by atoms with E-state index >= 15 is 0 Å². The SMILES string of the molecule is O=C(N[C@@H]1C[C@@H]2CC[C@@H]1C2)c1ccccc1NS(=O)(=O)c1ccccc1. The molecule has 2 saturated carbocycles. The van der Waals surface area contributed by atoms with Crippen molar-refractivity contribution in [3.63, 3.8) is 0 Å². The van der Waals surface area contributed by atoms with Gasteiger partial charge in [0.1, 0.15) is 0 Å². The Morgan fingerprint density at radius 3 is 2.35 bits per heavy atom. The first kappa shape index (κ1) is 17.1. The molecule has 2 aromatic carbocycles. The normalized spacial score (nSPS) is 24.4. The molecule has 136 valence electrons. The summed E-state index contributed by atoms with van der Waals surface area (Å²) >= 11 is 0. The topological polar surface area (TPSA) is 75.3 Å². The van der Waals surface area contributed by atoms with Crippen LogP contribution in [0.15, 0.2) is 59.5 Å². The molecule has 0 unspecified atom stereocenters. The van der Waals surface area contributed by atoms with Gasteiger partial charge >= 0.3 is 0 Å². The van der Waals surface area contributed by atoms with E-state index < -0.39 is 10.0 Å². The number of benzene rings is 2. The zero-order chi connectivity index (χ0) is 18.1. The first-order valence-electron chi connectivity index (χ1n) is 9.01. The van der Waals surface area contributed by atoms with Gasteiger partial charge in [-0.05, 0) is 55.4 Å². The van der Waals surface area contributed by atoms with Gasteiger partial charge < -0.3 is 5.32 Å². The van der Waals surface area contributed by atoms with Crippen molar-refractivity contribution in [2.24, 2.45) is 11.8 Å². The van der Waals surface area contributed by atoms with E-state index in [0.717, 1.165) is 12.3 Å². The molecular weight excluding hydrogens is 348 g/mol. The van der Waals surface area contributed by atoms with E-state index in [2.05, 4.69) is 10.0 Å². The van der Waals surface area contributed by atoms with Crippen LogP contribution in [0.5, 0.6) is 0 Å². The summed E-state index contributed by atoms with van der Waals surface area (Å²) in [5.74, 6) is 1.09. The van der Waals surface area contributed by atoms with Crippen molar-refractivity contribution in [3.8, 4) is 0 Å². The molecule has 0 aromatic heterocycles. The molecule has 0 radical (unpaired) electrons. The molecule has 2 aliphatic carbocycles. The molecule has 26 heavy (non-hydrogen) atoms. The van der Waals surface area contributed by atoms with Crippen molar-refractivity contribution >= 4 is 21.6 Å². The molecule has 4 rings (SSSR count). The number of carbonyl (C=O) groups is 1. The number of rotatable bonds is 5. The van der Waals surface area contributed by atoms with E-state index in [1.165, 1.54) is 31.4 Å². The maximum absolute atomic E-state index is 12.8. The van der Waals surface area contributed by atoms with Crippen LogP contribution in [-0.4, -0.2) is 20.4 Å². The Hall–Kier alpha value is -2.34. The Labute approximate surface area is 153 Å². The van der Waals surface area contributed by atoms with Crippen molar-refractivity contribution in [2.75, 3.05) is 4.72 Å². The predicted octanol–water partition coefficient (Wildman–Crippen LogP) is 3.41. The van der Waals surface area contributed by atoms with Crippen LogP contribution in [0.25, 0.3) is 0 Å². The Morgan fingerprint density at radius 1 is 0.923 bits per heavy atom. The lowest BCUT2D eigenvalue weighted by Crippen LogP contribution is -2.38. The molecule has 2 aliphatic rings. The Kier molecular flexibility index (Phi) is 4.44. The van der Waals surface area contributed by atoms with Gasteiger partial charge in [0.25, 0.3) is 15.9 Å². The number of anilines is 1. The van der Waals surface area contributed by atoms with E-state index in [9.17, 15) is 13.2 Å². The molecular formula is C20H22N2O3S. The van der Waals surface area contributed by atoms with Crippen molar-refractivity contribution in [1.29, 1.82) is 0 Å². The molecule has 0 heterocycles. The molecule has 0 saturated heterocycles. The summed E-state index contributed by atoms with van der Waals surface area (Å²) in [4.78, 5) is 12.9. The molecule has 3 atom stereocenters. The average Bonchev–Trinajstić information content (AvgIpc) is 3.25. The lowest BCUT2D eigenvalue weighted by molar-refractivity contribution is 0.0924. The molecule has 2 aromatic rings. The van der Waals surface area contributed by atoms with Crippen molar-refractivity contribution in [1.82, 2.24) is 5.32 Å². The van der Waals surface area contributed by atoms with E-state index in [1.807, 2.05) is 0 Å². The van der Waals surface area contributed by atoms with Crippen LogP contribution in [-0.2, 0) is 10.0 Å². The highest BCUT2D eigenvalue weighted by Crippen LogP contribution is 2.44. The Morgan fingerprint density at radius 2 is 1.65 bits per heavy atom. The first-order chi connectivity index (χ1) is 12.5. The monoisotopic (exact) mass is 370 g/mol. The minimum Gasteiger partial charge on any atom is -0.349 e. The highest BCUT2D eigenvalue weighted by Gasteiger charge is 2.40. The fraction of sp³-hybridized carbons (Fsp3) is 0.350. The van der Waals surface area contributed by atoms with Crippen LogP contribution in [0.2, 0.25) is 0 Å². The summed E-state index contributed by atoms with van der Waals surface area (Å²) in [6.07, 6.45) is 4.68. The molecule has 2 fully saturated rings. The summed E-state index contributed by atoms with van der Waals surface area (Å²) in [6, 6.07) is 15.1. The number of carbonyl (C=O) groups excluding carboxylic acids is 1. The van der Waals surface area contributed by atoms with Crippen LogP contribution in [0, 0.1) is 11.8 Å². The van der Waals surface area contributed by atoms with Crippen LogP contribution >= 0.6 is 0 Å². The van der Waals surface area contributed by atoms with Gasteiger partial charge in [0.15, 0.2) is 0 Å². The molecule has 2 N–H and O–H groups in total. The van der Waals surface area contributed by atoms with Gasteiger partial charge in [-0.25, -0.2) is 8.42 Å². The lowest BCUT2D eigenvalue weighted by Gasteiger charge is -2.23. The van der Waals surface area contributed by atoms with Crippen molar-refractivity contribution in [3.05, 3.63) is 60.2 Å². The van der Waals surface area contributed by atoms with Crippen LogP contribution < -0.4 is 10.0 Å². The van der Waals surface area contributed by atoms with E-state index in [1.54, 1.807) is 42.5 Å². The number of para-hydroxylation sites is 1. The fourth-order valence-electron chi connectivity index (χ4n) is 4.24. The standard InChI is InChI=1S/C20H22N2O3S/c23-20(21-19-13-14-10-11-15(19)12-14)17-8-4-5-9-18(17)22-26(24,25)16-6-2-1-3-7-16/h1-9,14-15,19,22H,10-13H2,(H,21,23)/t14-,15-,19-/m1/s1. The lowest BCUT2D eigenvalue weighted by atomic mass is 9.95. The Bertz CT molecular complexity index is 912. The van der Waals surface area contributed by atoms with E-state index in [0.29, 0.717) is 17.2 Å². The molecule has 0 spiro atoms. The van der Waals surface area contributed by atoms with Gasteiger partial charge in [0.2, 0.25) is 0 Å². The molecule has 5 nitrogen and oxygen atoms in total. The zero-order valence-corrected chi connectivity index (χ0v) is 15.2. The summed E-state index contributed by atoms with van der Waals surface area (Å²) in [7, 11) is -3.73. The Balaban J connectivity index is 1.54. The molecule has 0 aliphatic heterocycles. The summed E-state index contributed by atoms with van der Waals surface area (Å²) in [5, 5.41) is 3.12. The second-order valence-corrected chi connectivity index (χ2v) is 8.90. The number of amides is 1. The van der Waals surface area contributed by atoms with Crippen LogP contribution in [0.4, 0.5) is 5.69 Å². The number of fused-ring (bicyclic) bond motifs is 2. The maximum atomic E-state index is 12.8. The molecule has 6 heteroatoms. The second-order valence-electron chi connectivity index (χ2n) is 7.22. The third-order valence-electron chi connectivity index (χ3n) is 5.52. The van der Waals surface area contributed by atoms with Crippen molar-refractivity contribution in [2.45, 2.75) is 36.6 Å². The third-order valence-corrected chi connectivity index (χ3v) is 6.91. The number of hydrogen-bond acceptors (Lipinski definition) is 3. The first-order valence-corrected chi connectivity index (χ1v) is 10.5. The predicted molar refractivity (Wildman–Crippen MR) is 100 cm³/mol. The smallest absolute Gasteiger partial charge is 0.261 e. The van der Waals surface area contributed by atoms with Crippen LogP contribution in [0.1, 0.15) is 36.0 Å². The quantitative estimate of drug-likeness (QED) is 0.847. The van der Waals surface area contributed by atoms with Gasteiger partial charge in [-0.15, -0.1) is 0 Å². The molecule has 2 bridgehead atoms. The van der Waals surface area contributed by atoms with Crippen molar-refractivity contribution < 1.29 is 13.2 Å². The zero-order valence-electron chi connectivity index (χ0n) is 14.4. The average molecular weight is 370 g/mol.